The molecular weight excluding hydrogens is 262 g/mol. The van der Waals surface area contributed by atoms with Crippen LogP contribution in [0.2, 0.25) is 5.02 Å². The van der Waals surface area contributed by atoms with Crippen LogP contribution in [0.4, 0.5) is 0 Å². The van der Waals surface area contributed by atoms with E-state index in [-0.39, 0.29) is 16.0 Å². The van der Waals surface area contributed by atoms with Crippen LogP contribution in [0.25, 0.3) is 0 Å². The van der Waals surface area contributed by atoms with Crippen molar-refractivity contribution in [2.75, 3.05) is 13.1 Å². The van der Waals surface area contributed by atoms with Gasteiger partial charge in [-0.1, -0.05) is 11.6 Å². The number of nitrogens with one attached hydrogen (secondary N) is 2. The predicted octanol–water partition coefficient (Wildman–Crippen LogP) is 0.462. The van der Waals surface area contributed by atoms with E-state index in [1.165, 1.54) is 18.2 Å². The summed E-state index contributed by atoms with van der Waals surface area (Å²) in [6.07, 6.45) is 0. The van der Waals surface area contributed by atoms with Crippen molar-refractivity contribution in [3.63, 3.8) is 0 Å². The minimum atomic E-state index is -3.61. The van der Waals surface area contributed by atoms with Gasteiger partial charge in [0.15, 0.2) is 0 Å². The highest BCUT2D eigenvalue weighted by Crippen LogP contribution is 2.22. The van der Waals surface area contributed by atoms with Crippen LogP contribution < -0.4 is 10.0 Å². The molecule has 1 fully saturated rings. The van der Waals surface area contributed by atoms with Crippen molar-refractivity contribution >= 4 is 21.6 Å². The second-order valence-corrected chi connectivity index (χ2v) is 5.82. The molecule has 0 saturated carbocycles. The van der Waals surface area contributed by atoms with Crippen molar-refractivity contribution in [2.24, 2.45) is 0 Å². The predicted molar refractivity (Wildman–Crippen MR) is 63.1 cm³/mol. The molecule has 0 unspecified atom stereocenters. The topological polar surface area (TPSA) is 82.0 Å². The van der Waals surface area contributed by atoms with Crippen LogP contribution in [0.3, 0.4) is 0 Å². The summed E-state index contributed by atoms with van der Waals surface area (Å²) in [5.41, 5.74) is 0.333. The summed E-state index contributed by atoms with van der Waals surface area (Å²) in [6.45, 7) is 1.24. The third-order valence-electron chi connectivity index (χ3n) is 2.45. The molecule has 0 aliphatic carbocycles. The molecule has 2 rings (SSSR count). The molecule has 0 radical (unpaired) electrons. The summed E-state index contributed by atoms with van der Waals surface area (Å²) < 4.78 is 26.4. The molecule has 7 heteroatoms. The first-order chi connectivity index (χ1) is 8.03. The Morgan fingerprint density at radius 2 is 2.18 bits per heavy atom. The summed E-state index contributed by atoms with van der Waals surface area (Å²) >= 11 is 5.85. The van der Waals surface area contributed by atoms with Crippen LogP contribution in [0.1, 0.15) is 5.56 Å². The molecule has 0 spiro atoms. The number of benzene rings is 1. The molecule has 1 saturated heterocycles. The van der Waals surface area contributed by atoms with Crippen molar-refractivity contribution in [2.45, 2.75) is 10.9 Å². The summed E-state index contributed by atoms with van der Waals surface area (Å²) in [4.78, 5) is 0.00469. The van der Waals surface area contributed by atoms with Crippen LogP contribution in [0.5, 0.6) is 0 Å². The van der Waals surface area contributed by atoms with Gasteiger partial charge < -0.3 is 5.32 Å². The van der Waals surface area contributed by atoms with Gasteiger partial charge in [-0.3, -0.25) is 0 Å². The maximum absolute atomic E-state index is 11.9. The SMILES string of the molecule is N#Cc1ccc(S(=O)(=O)NC2CNC2)c(Cl)c1. The average molecular weight is 272 g/mol. The zero-order valence-electron chi connectivity index (χ0n) is 8.77. The summed E-state index contributed by atoms with van der Waals surface area (Å²) in [5.74, 6) is 0. The number of sulfonamides is 1. The van der Waals surface area contributed by atoms with Crippen LogP contribution in [-0.2, 0) is 10.0 Å². The Labute approximate surface area is 104 Å². The number of nitrogens with zero attached hydrogens (tertiary/aromatic N) is 1. The summed E-state index contributed by atoms with van der Waals surface area (Å²) in [5, 5.41) is 11.7. The lowest BCUT2D eigenvalue weighted by Crippen LogP contribution is -2.56. The van der Waals surface area contributed by atoms with E-state index in [4.69, 9.17) is 16.9 Å². The molecule has 0 amide bonds. The van der Waals surface area contributed by atoms with Gasteiger partial charge in [0.1, 0.15) is 4.90 Å². The fourth-order valence-corrected chi connectivity index (χ4v) is 3.22. The molecule has 1 aromatic carbocycles. The lowest BCUT2D eigenvalue weighted by Gasteiger charge is -2.27. The van der Waals surface area contributed by atoms with Gasteiger partial charge in [-0.2, -0.15) is 5.26 Å². The highest BCUT2D eigenvalue weighted by atomic mass is 35.5. The Hall–Kier alpha value is -1.13. The second kappa shape index (κ2) is 4.63. The standard InChI is InChI=1S/C10H10ClN3O2S/c11-9-3-7(4-12)1-2-10(9)17(15,16)14-8-5-13-6-8/h1-3,8,13-14H,5-6H2. The van der Waals surface area contributed by atoms with Gasteiger partial charge in [-0.05, 0) is 18.2 Å². The van der Waals surface area contributed by atoms with Gasteiger partial charge in [0.25, 0.3) is 0 Å². The van der Waals surface area contributed by atoms with E-state index >= 15 is 0 Å². The first-order valence-electron chi connectivity index (χ1n) is 4.95. The Kier molecular flexibility index (Phi) is 3.35. The molecule has 1 aromatic rings. The molecule has 17 heavy (non-hydrogen) atoms. The van der Waals surface area contributed by atoms with Gasteiger partial charge in [-0.25, -0.2) is 13.1 Å². The molecule has 0 aromatic heterocycles. The molecule has 1 aliphatic rings. The van der Waals surface area contributed by atoms with E-state index in [1.54, 1.807) is 0 Å². The molecule has 5 nitrogen and oxygen atoms in total. The number of hydrogen-bond donors (Lipinski definition) is 2. The van der Waals surface area contributed by atoms with Crippen LogP contribution in [0, 0.1) is 11.3 Å². The largest absolute Gasteiger partial charge is 0.313 e. The van der Waals surface area contributed by atoms with E-state index in [0.29, 0.717) is 18.7 Å². The Balaban J connectivity index is 2.29. The van der Waals surface area contributed by atoms with Crippen LogP contribution in [0.15, 0.2) is 23.1 Å². The van der Waals surface area contributed by atoms with E-state index in [0.717, 1.165) is 0 Å². The molecule has 0 bridgehead atoms. The Morgan fingerprint density at radius 1 is 1.47 bits per heavy atom. The Bertz CT molecular complexity index is 576. The smallest absolute Gasteiger partial charge is 0.242 e. The minimum absolute atomic E-state index is 0.00469. The summed E-state index contributed by atoms with van der Waals surface area (Å²) in [6, 6.07) is 5.92. The van der Waals surface area contributed by atoms with Gasteiger partial charge in [0, 0.05) is 19.1 Å². The molecule has 90 valence electrons. The zero-order valence-corrected chi connectivity index (χ0v) is 10.3. The minimum Gasteiger partial charge on any atom is -0.313 e. The van der Waals surface area contributed by atoms with Crippen molar-refractivity contribution in [3.05, 3.63) is 28.8 Å². The molecular formula is C10H10ClN3O2S. The van der Waals surface area contributed by atoms with E-state index in [1.807, 2.05) is 6.07 Å². The third kappa shape index (κ3) is 2.58. The summed E-state index contributed by atoms with van der Waals surface area (Å²) in [7, 11) is -3.61. The van der Waals surface area contributed by atoms with Crippen LogP contribution in [-0.4, -0.2) is 27.5 Å². The second-order valence-electron chi connectivity index (χ2n) is 3.73. The van der Waals surface area contributed by atoms with Crippen molar-refractivity contribution in [1.29, 1.82) is 5.26 Å². The molecule has 2 N–H and O–H groups in total. The lowest BCUT2D eigenvalue weighted by atomic mass is 10.2. The molecule has 1 heterocycles. The van der Waals surface area contributed by atoms with Crippen LogP contribution >= 0.6 is 11.6 Å². The number of halogens is 1. The van der Waals surface area contributed by atoms with E-state index in [2.05, 4.69) is 10.0 Å². The number of rotatable bonds is 3. The Morgan fingerprint density at radius 3 is 2.65 bits per heavy atom. The first kappa shape index (κ1) is 12.3. The molecule has 0 atom stereocenters. The van der Waals surface area contributed by atoms with E-state index < -0.39 is 10.0 Å². The van der Waals surface area contributed by atoms with Gasteiger partial charge in [-0.15, -0.1) is 0 Å². The van der Waals surface area contributed by atoms with Gasteiger partial charge >= 0.3 is 0 Å². The highest BCUT2D eigenvalue weighted by Gasteiger charge is 2.25. The zero-order chi connectivity index (χ0) is 12.5. The quantitative estimate of drug-likeness (QED) is 0.837. The van der Waals surface area contributed by atoms with Crippen molar-refractivity contribution in [3.8, 4) is 6.07 Å². The van der Waals surface area contributed by atoms with E-state index in [9.17, 15) is 8.42 Å². The monoisotopic (exact) mass is 271 g/mol. The fraction of sp³-hybridized carbons (Fsp3) is 0.300. The fourth-order valence-electron chi connectivity index (χ4n) is 1.44. The van der Waals surface area contributed by atoms with Crippen molar-refractivity contribution < 1.29 is 8.42 Å². The maximum Gasteiger partial charge on any atom is 0.242 e. The highest BCUT2D eigenvalue weighted by molar-refractivity contribution is 7.89. The average Bonchev–Trinajstić information content (AvgIpc) is 2.23. The van der Waals surface area contributed by atoms with Gasteiger partial charge in [0.05, 0.1) is 16.7 Å². The number of nitriles is 1. The number of hydrogen-bond acceptors (Lipinski definition) is 4. The van der Waals surface area contributed by atoms with Gasteiger partial charge in [0.2, 0.25) is 10.0 Å². The third-order valence-corrected chi connectivity index (χ3v) is 4.46. The van der Waals surface area contributed by atoms with Crippen molar-refractivity contribution in [1.82, 2.24) is 10.0 Å². The normalized spacial score (nSPS) is 16.2. The maximum atomic E-state index is 11.9. The lowest BCUT2D eigenvalue weighted by molar-refractivity contribution is 0.410. The first-order valence-corrected chi connectivity index (χ1v) is 6.82. The molecule has 1 aliphatic heterocycles.